The van der Waals surface area contributed by atoms with E-state index >= 15 is 0 Å². The lowest BCUT2D eigenvalue weighted by molar-refractivity contribution is -0.145. The van der Waals surface area contributed by atoms with Crippen molar-refractivity contribution in [3.63, 3.8) is 0 Å². The van der Waals surface area contributed by atoms with Crippen molar-refractivity contribution in [2.24, 2.45) is 0 Å². The predicted octanol–water partition coefficient (Wildman–Crippen LogP) is 4.39. The van der Waals surface area contributed by atoms with Gasteiger partial charge in [0.15, 0.2) is 11.6 Å². The van der Waals surface area contributed by atoms with Gasteiger partial charge in [-0.05, 0) is 29.8 Å². The molecule has 9 heteroatoms. The Labute approximate surface area is 163 Å². The van der Waals surface area contributed by atoms with E-state index in [1.54, 1.807) is 12.3 Å². The molecule has 2 aromatic heterocycles. The van der Waals surface area contributed by atoms with E-state index in [1.165, 1.54) is 12.3 Å². The molecule has 4 nitrogen and oxygen atoms in total. The van der Waals surface area contributed by atoms with Gasteiger partial charge in [-0.3, -0.25) is 9.88 Å². The van der Waals surface area contributed by atoms with E-state index in [2.05, 4.69) is 19.9 Å². The second-order valence-electron chi connectivity index (χ2n) is 6.80. The van der Waals surface area contributed by atoms with Crippen LogP contribution in [0.15, 0.2) is 42.7 Å². The van der Waals surface area contributed by atoms with Gasteiger partial charge >= 0.3 is 6.18 Å². The zero-order valence-corrected chi connectivity index (χ0v) is 15.0. The van der Waals surface area contributed by atoms with Crippen LogP contribution in [-0.4, -0.2) is 26.4 Å². The number of alkyl halides is 3. The maximum atomic E-state index is 13.4. The summed E-state index contributed by atoms with van der Waals surface area (Å²) in [6.45, 7) is 1.55. The van der Waals surface area contributed by atoms with Crippen molar-refractivity contribution in [2.75, 3.05) is 6.54 Å². The quantitative estimate of drug-likeness (QED) is 0.605. The van der Waals surface area contributed by atoms with Crippen LogP contribution in [0.4, 0.5) is 22.0 Å². The van der Waals surface area contributed by atoms with Crippen molar-refractivity contribution in [3.8, 4) is 11.3 Å². The zero-order valence-electron chi connectivity index (χ0n) is 15.0. The van der Waals surface area contributed by atoms with Crippen LogP contribution in [0.3, 0.4) is 0 Å². The van der Waals surface area contributed by atoms with Crippen LogP contribution in [0.25, 0.3) is 11.3 Å². The Morgan fingerprint density at radius 1 is 0.966 bits per heavy atom. The molecule has 0 saturated heterocycles. The topological polar surface area (TPSA) is 41.9 Å². The predicted molar refractivity (Wildman–Crippen MR) is 94.4 cm³/mol. The highest BCUT2D eigenvalue weighted by atomic mass is 19.4. The number of nitrogens with zero attached hydrogens (tertiary/aromatic N) is 4. The van der Waals surface area contributed by atoms with Crippen molar-refractivity contribution in [2.45, 2.75) is 25.7 Å². The summed E-state index contributed by atoms with van der Waals surface area (Å²) in [6.07, 6.45) is -1.26. The lowest BCUT2D eigenvalue weighted by Crippen LogP contribution is -2.31. The number of benzene rings is 1. The first kappa shape index (κ1) is 19.4. The van der Waals surface area contributed by atoms with E-state index in [9.17, 15) is 22.0 Å². The summed E-state index contributed by atoms with van der Waals surface area (Å²) in [6, 6.07) is 7.16. The SMILES string of the molecule is Fc1ccc(-c2ccc(CN3CCc4nc(C(F)(F)F)ncc4C3)cn2)cc1F. The third-order valence-electron chi connectivity index (χ3n) is 4.71. The molecule has 4 rings (SSSR count). The highest BCUT2D eigenvalue weighted by Crippen LogP contribution is 2.28. The molecule has 0 aliphatic carbocycles. The lowest BCUT2D eigenvalue weighted by Gasteiger charge is -2.28. The summed E-state index contributed by atoms with van der Waals surface area (Å²) in [7, 11) is 0. The molecule has 0 amide bonds. The molecule has 0 bridgehead atoms. The van der Waals surface area contributed by atoms with Crippen molar-refractivity contribution in [1.82, 2.24) is 19.9 Å². The number of hydrogen-bond donors (Lipinski definition) is 0. The number of rotatable bonds is 3. The highest BCUT2D eigenvalue weighted by Gasteiger charge is 2.35. The van der Waals surface area contributed by atoms with E-state index in [4.69, 9.17) is 0 Å². The summed E-state index contributed by atoms with van der Waals surface area (Å²) in [5.41, 5.74) is 2.99. The minimum atomic E-state index is -4.55. The van der Waals surface area contributed by atoms with E-state index in [-0.39, 0.29) is 0 Å². The Morgan fingerprint density at radius 2 is 1.79 bits per heavy atom. The first-order valence-corrected chi connectivity index (χ1v) is 8.84. The van der Waals surface area contributed by atoms with Crippen LogP contribution >= 0.6 is 0 Å². The summed E-state index contributed by atoms with van der Waals surface area (Å²) >= 11 is 0. The van der Waals surface area contributed by atoms with Gasteiger partial charge in [-0.2, -0.15) is 13.2 Å². The van der Waals surface area contributed by atoms with E-state index in [0.29, 0.717) is 48.6 Å². The number of pyridine rings is 1. The van der Waals surface area contributed by atoms with Crippen LogP contribution in [-0.2, 0) is 25.7 Å². The van der Waals surface area contributed by atoms with Gasteiger partial charge in [0.25, 0.3) is 0 Å². The normalized spacial score (nSPS) is 14.7. The number of fused-ring (bicyclic) bond motifs is 1. The molecular formula is C20H15F5N4. The van der Waals surface area contributed by atoms with E-state index in [0.717, 1.165) is 17.7 Å². The molecule has 0 radical (unpaired) electrons. The Morgan fingerprint density at radius 3 is 2.48 bits per heavy atom. The van der Waals surface area contributed by atoms with Crippen molar-refractivity contribution < 1.29 is 22.0 Å². The Balaban J connectivity index is 1.44. The van der Waals surface area contributed by atoms with Gasteiger partial charge in [0, 0.05) is 49.6 Å². The number of aromatic nitrogens is 3. The molecule has 3 aromatic rings. The molecule has 1 aliphatic rings. The molecule has 1 aromatic carbocycles. The van der Waals surface area contributed by atoms with E-state index in [1.807, 2.05) is 6.07 Å². The molecule has 0 unspecified atom stereocenters. The Kier molecular flexibility index (Phi) is 4.99. The van der Waals surface area contributed by atoms with Crippen molar-refractivity contribution in [3.05, 3.63) is 77.0 Å². The fourth-order valence-electron chi connectivity index (χ4n) is 3.25. The van der Waals surface area contributed by atoms with Gasteiger partial charge in [0.05, 0.1) is 11.4 Å². The molecule has 29 heavy (non-hydrogen) atoms. The summed E-state index contributed by atoms with van der Waals surface area (Å²) < 4.78 is 64.7. The summed E-state index contributed by atoms with van der Waals surface area (Å²) in [4.78, 5) is 13.4. The van der Waals surface area contributed by atoms with Gasteiger partial charge in [-0.25, -0.2) is 18.7 Å². The van der Waals surface area contributed by atoms with Gasteiger partial charge in [-0.15, -0.1) is 0 Å². The molecule has 3 heterocycles. The zero-order chi connectivity index (χ0) is 20.6. The Bertz CT molecular complexity index is 1030. The molecule has 1 aliphatic heterocycles. The van der Waals surface area contributed by atoms with Crippen LogP contribution in [0, 0.1) is 11.6 Å². The number of halogens is 5. The monoisotopic (exact) mass is 406 g/mol. The van der Waals surface area contributed by atoms with Gasteiger partial charge in [0.2, 0.25) is 5.82 Å². The average Bonchev–Trinajstić information content (AvgIpc) is 2.69. The van der Waals surface area contributed by atoms with Crippen LogP contribution in [0.1, 0.15) is 22.6 Å². The third kappa shape index (κ3) is 4.24. The standard InChI is InChI=1S/C20H15F5N4/c21-15-3-2-13(7-16(15)22)17-4-1-12(8-26-17)10-29-6-5-18-14(11-29)9-27-19(28-18)20(23,24)25/h1-4,7-9H,5-6,10-11H2. The van der Waals surface area contributed by atoms with Gasteiger partial charge in [0.1, 0.15) is 0 Å². The molecule has 0 saturated carbocycles. The fraction of sp³-hybridized carbons (Fsp3) is 0.250. The lowest BCUT2D eigenvalue weighted by atomic mass is 10.1. The molecule has 150 valence electrons. The largest absolute Gasteiger partial charge is 0.451 e. The summed E-state index contributed by atoms with van der Waals surface area (Å²) in [5.74, 6) is -2.96. The second kappa shape index (κ2) is 7.47. The molecule has 0 atom stereocenters. The van der Waals surface area contributed by atoms with Crippen LogP contribution in [0.2, 0.25) is 0 Å². The minimum Gasteiger partial charge on any atom is -0.294 e. The Hall–Kier alpha value is -2.94. The maximum Gasteiger partial charge on any atom is 0.451 e. The first-order valence-electron chi connectivity index (χ1n) is 8.84. The van der Waals surface area contributed by atoms with Crippen molar-refractivity contribution in [1.29, 1.82) is 0 Å². The maximum absolute atomic E-state index is 13.4. The third-order valence-corrected chi connectivity index (χ3v) is 4.71. The van der Waals surface area contributed by atoms with Gasteiger partial charge < -0.3 is 0 Å². The average molecular weight is 406 g/mol. The number of hydrogen-bond acceptors (Lipinski definition) is 4. The van der Waals surface area contributed by atoms with Gasteiger partial charge in [-0.1, -0.05) is 6.07 Å². The smallest absolute Gasteiger partial charge is 0.294 e. The fourth-order valence-corrected chi connectivity index (χ4v) is 3.25. The second-order valence-corrected chi connectivity index (χ2v) is 6.80. The molecular weight excluding hydrogens is 391 g/mol. The summed E-state index contributed by atoms with van der Waals surface area (Å²) in [5, 5.41) is 0. The molecule has 0 fully saturated rings. The molecule has 0 spiro atoms. The van der Waals surface area contributed by atoms with E-state index < -0.39 is 23.6 Å². The minimum absolute atomic E-state index is 0.404. The highest BCUT2D eigenvalue weighted by molar-refractivity contribution is 5.59. The molecule has 0 N–H and O–H groups in total. The van der Waals surface area contributed by atoms with Crippen LogP contribution in [0.5, 0.6) is 0 Å². The van der Waals surface area contributed by atoms with Crippen molar-refractivity contribution >= 4 is 0 Å². The van der Waals surface area contributed by atoms with Crippen LogP contribution < -0.4 is 0 Å². The first-order chi connectivity index (χ1) is 13.8.